The highest BCUT2D eigenvalue weighted by Gasteiger charge is 2.26. The molecule has 2 heterocycles. The van der Waals surface area contributed by atoms with Gasteiger partial charge in [-0.3, -0.25) is 14.2 Å². The van der Waals surface area contributed by atoms with Gasteiger partial charge < -0.3 is 10.2 Å². The third-order valence-corrected chi connectivity index (χ3v) is 3.41. The summed E-state index contributed by atoms with van der Waals surface area (Å²) >= 11 is 0. The Bertz CT molecular complexity index is 769. The Hall–Kier alpha value is -2.96. The lowest BCUT2D eigenvalue weighted by Gasteiger charge is -2.16. The van der Waals surface area contributed by atoms with E-state index in [1.165, 1.54) is 10.6 Å². The van der Waals surface area contributed by atoms with Crippen LogP contribution < -0.4 is 15.8 Å². The van der Waals surface area contributed by atoms with Gasteiger partial charge in [0.05, 0.1) is 0 Å². The van der Waals surface area contributed by atoms with Gasteiger partial charge in [-0.1, -0.05) is 24.3 Å². The topological polar surface area (TPSA) is 80.1 Å². The summed E-state index contributed by atoms with van der Waals surface area (Å²) in [6.45, 7) is 4.87. The van der Waals surface area contributed by atoms with Crippen molar-refractivity contribution in [1.82, 2.24) is 20.1 Å². The number of nitrogens with zero attached hydrogens (tertiary/aromatic N) is 4. The lowest BCUT2D eigenvalue weighted by atomic mass is 10.3. The summed E-state index contributed by atoms with van der Waals surface area (Å²) in [5.41, 5.74) is 0.316. The second-order valence-electron chi connectivity index (χ2n) is 4.79. The SMILES string of the molecule is C=CCNC(=O)c1nnc2n(c1=O)CCN2c1ccccc1. The first kappa shape index (κ1) is 14.0. The molecular weight excluding hydrogens is 282 g/mol. The second-order valence-corrected chi connectivity index (χ2v) is 4.79. The maximum atomic E-state index is 12.4. The maximum Gasteiger partial charge on any atom is 0.286 e. The van der Waals surface area contributed by atoms with E-state index in [1.54, 1.807) is 0 Å². The van der Waals surface area contributed by atoms with Crippen LogP contribution in [0.5, 0.6) is 0 Å². The lowest BCUT2D eigenvalue weighted by Crippen LogP contribution is -2.34. The van der Waals surface area contributed by atoms with E-state index in [2.05, 4.69) is 22.1 Å². The average molecular weight is 297 g/mol. The van der Waals surface area contributed by atoms with E-state index in [4.69, 9.17) is 0 Å². The molecule has 1 aliphatic heterocycles. The predicted molar refractivity (Wildman–Crippen MR) is 82.3 cm³/mol. The largest absolute Gasteiger partial charge is 0.347 e. The van der Waals surface area contributed by atoms with Gasteiger partial charge in [-0.05, 0) is 12.1 Å². The molecule has 0 radical (unpaired) electrons. The molecule has 2 aromatic rings. The van der Waals surface area contributed by atoms with E-state index >= 15 is 0 Å². The third kappa shape index (κ3) is 2.37. The van der Waals surface area contributed by atoms with Gasteiger partial charge in [-0.15, -0.1) is 16.8 Å². The monoisotopic (exact) mass is 297 g/mol. The minimum absolute atomic E-state index is 0.194. The number of hydrogen-bond donors (Lipinski definition) is 1. The minimum Gasteiger partial charge on any atom is -0.347 e. The van der Waals surface area contributed by atoms with Crippen molar-refractivity contribution in [1.29, 1.82) is 0 Å². The molecule has 1 amide bonds. The number of rotatable bonds is 4. The highest BCUT2D eigenvalue weighted by Crippen LogP contribution is 2.25. The number of nitrogens with one attached hydrogen (secondary N) is 1. The molecule has 22 heavy (non-hydrogen) atoms. The quantitative estimate of drug-likeness (QED) is 0.841. The van der Waals surface area contributed by atoms with Crippen LogP contribution in [0.4, 0.5) is 11.6 Å². The Balaban J connectivity index is 1.96. The summed E-state index contributed by atoms with van der Waals surface area (Å²) < 4.78 is 1.48. The molecule has 0 atom stereocenters. The fourth-order valence-electron chi connectivity index (χ4n) is 2.36. The van der Waals surface area contributed by atoms with Gasteiger partial charge in [0.2, 0.25) is 11.6 Å². The van der Waals surface area contributed by atoms with E-state index in [1.807, 2.05) is 35.2 Å². The molecule has 112 valence electrons. The number of hydrogen-bond acceptors (Lipinski definition) is 5. The van der Waals surface area contributed by atoms with Gasteiger partial charge in [0.1, 0.15) is 0 Å². The van der Waals surface area contributed by atoms with Crippen molar-refractivity contribution < 1.29 is 4.79 Å². The van der Waals surface area contributed by atoms with E-state index < -0.39 is 11.5 Å². The van der Waals surface area contributed by atoms with Crippen LogP contribution in [0.2, 0.25) is 0 Å². The van der Waals surface area contributed by atoms with Gasteiger partial charge in [-0.25, -0.2) is 0 Å². The van der Waals surface area contributed by atoms with Gasteiger partial charge >= 0.3 is 0 Å². The number of fused-ring (bicyclic) bond motifs is 1. The first-order valence-electron chi connectivity index (χ1n) is 6.91. The van der Waals surface area contributed by atoms with Crippen LogP contribution in [0, 0.1) is 0 Å². The molecule has 3 rings (SSSR count). The molecule has 7 nitrogen and oxygen atoms in total. The van der Waals surface area contributed by atoms with Crippen LogP contribution >= 0.6 is 0 Å². The Kier molecular flexibility index (Phi) is 3.69. The number of para-hydroxylation sites is 1. The van der Waals surface area contributed by atoms with Crippen molar-refractivity contribution in [3.63, 3.8) is 0 Å². The highest BCUT2D eigenvalue weighted by molar-refractivity contribution is 5.91. The smallest absolute Gasteiger partial charge is 0.286 e. The molecule has 0 unspecified atom stereocenters. The van der Waals surface area contributed by atoms with Crippen LogP contribution in [-0.2, 0) is 6.54 Å². The lowest BCUT2D eigenvalue weighted by molar-refractivity contribution is 0.0949. The molecule has 0 bridgehead atoms. The molecule has 1 N–H and O–H groups in total. The first-order valence-corrected chi connectivity index (χ1v) is 6.91. The average Bonchev–Trinajstić information content (AvgIpc) is 2.98. The van der Waals surface area contributed by atoms with Crippen molar-refractivity contribution in [2.75, 3.05) is 18.0 Å². The minimum atomic E-state index is -0.536. The Morgan fingerprint density at radius 2 is 2.05 bits per heavy atom. The summed E-state index contributed by atoms with van der Waals surface area (Å²) in [6, 6.07) is 9.63. The van der Waals surface area contributed by atoms with Crippen molar-refractivity contribution in [2.24, 2.45) is 0 Å². The zero-order valence-corrected chi connectivity index (χ0v) is 11.9. The van der Waals surface area contributed by atoms with E-state index in [0.29, 0.717) is 19.0 Å². The Morgan fingerprint density at radius 1 is 1.27 bits per heavy atom. The van der Waals surface area contributed by atoms with Crippen molar-refractivity contribution in [3.8, 4) is 0 Å². The molecule has 0 aliphatic carbocycles. The number of amides is 1. The number of anilines is 2. The fraction of sp³-hybridized carbons (Fsp3) is 0.200. The summed E-state index contributed by atoms with van der Waals surface area (Å²) in [6.07, 6.45) is 1.54. The second kappa shape index (κ2) is 5.80. The molecule has 7 heteroatoms. The number of aromatic nitrogens is 3. The molecular formula is C15H15N5O2. The molecule has 0 saturated heterocycles. The van der Waals surface area contributed by atoms with Crippen LogP contribution in [-0.4, -0.2) is 33.8 Å². The van der Waals surface area contributed by atoms with Crippen molar-refractivity contribution >= 4 is 17.5 Å². The van der Waals surface area contributed by atoms with Crippen molar-refractivity contribution in [2.45, 2.75) is 6.54 Å². The van der Waals surface area contributed by atoms with Crippen LogP contribution in [0.25, 0.3) is 0 Å². The van der Waals surface area contributed by atoms with E-state index in [-0.39, 0.29) is 12.2 Å². The number of carbonyl (C=O) groups is 1. The molecule has 0 fully saturated rings. The molecule has 0 spiro atoms. The van der Waals surface area contributed by atoms with Crippen molar-refractivity contribution in [3.05, 3.63) is 59.0 Å². The van der Waals surface area contributed by atoms with Gasteiger partial charge in [0.25, 0.3) is 11.5 Å². The molecule has 1 aliphatic rings. The molecule has 1 aromatic carbocycles. The first-order chi connectivity index (χ1) is 10.7. The summed E-state index contributed by atoms with van der Waals surface area (Å²) in [5.74, 6) is -0.0812. The Labute approximate surface area is 126 Å². The van der Waals surface area contributed by atoms with Gasteiger partial charge in [0, 0.05) is 25.3 Å². The van der Waals surface area contributed by atoms with E-state index in [9.17, 15) is 9.59 Å². The van der Waals surface area contributed by atoms with Crippen LogP contribution in [0.15, 0.2) is 47.8 Å². The summed E-state index contributed by atoms with van der Waals surface area (Å²) in [5, 5.41) is 10.4. The van der Waals surface area contributed by atoms with Gasteiger partial charge in [0.15, 0.2) is 0 Å². The number of benzene rings is 1. The zero-order chi connectivity index (χ0) is 15.5. The molecule has 0 saturated carbocycles. The van der Waals surface area contributed by atoms with Crippen LogP contribution in [0.1, 0.15) is 10.5 Å². The van der Waals surface area contributed by atoms with Crippen LogP contribution in [0.3, 0.4) is 0 Å². The third-order valence-electron chi connectivity index (χ3n) is 3.41. The fourth-order valence-corrected chi connectivity index (χ4v) is 2.36. The highest BCUT2D eigenvalue weighted by atomic mass is 16.2. The maximum absolute atomic E-state index is 12.4. The normalized spacial score (nSPS) is 12.8. The number of carbonyl (C=O) groups excluding carboxylic acids is 1. The standard InChI is InChI=1S/C15H15N5O2/c1-2-8-16-13(21)12-14(22)20-10-9-19(15(20)18-17-12)11-6-4-3-5-7-11/h2-7H,1,8-10H2,(H,16,21). The Morgan fingerprint density at radius 3 is 2.77 bits per heavy atom. The zero-order valence-electron chi connectivity index (χ0n) is 11.9. The van der Waals surface area contributed by atoms with Gasteiger partial charge in [-0.2, -0.15) is 0 Å². The summed E-state index contributed by atoms with van der Waals surface area (Å²) in [7, 11) is 0. The predicted octanol–water partition coefficient (Wildman–Crippen LogP) is 0.706. The molecule has 1 aromatic heterocycles. The van der Waals surface area contributed by atoms with E-state index in [0.717, 1.165) is 5.69 Å². The summed E-state index contributed by atoms with van der Waals surface area (Å²) in [4.78, 5) is 26.2.